The van der Waals surface area contributed by atoms with Crippen LogP contribution in [0.2, 0.25) is 0 Å². The van der Waals surface area contributed by atoms with Crippen LogP contribution in [-0.4, -0.2) is 16.8 Å². The average molecular weight is 369 g/mol. The van der Waals surface area contributed by atoms with Crippen molar-refractivity contribution in [3.8, 4) is 0 Å². The Morgan fingerprint density at radius 1 is 1.37 bits per heavy atom. The fourth-order valence-corrected chi connectivity index (χ4v) is 3.11. The molecule has 1 unspecified atom stereocenters. The van der Waals surface area contributed by atoms with Crippen LogP contribution in [0.25, 0.3) is 0 Å². The van der Waals surface area contributed by atoms with Crippen molar-refractivity contribution in [2.75, 3.05) is 7.05 Å². The SMILES string of the molecule is CNC(Cc1cc(C)nn1C)c1cccc(C)c1I. The zero-order chi connectivity index (χ0) is 14.0. The molecule has 102 valence electrons. The fraction of sp³-hybridized carbons (Fsp3) is 0.400. The van der Waals surface area contributed by atoms with Crippen molar-refractivity contribution in [3.63, 3.8) is 0 Å². The summed E-state index contributed by atoms with van der Waals surface area (Å²) < 4.78 is 3.32. The van der Waals surface area contributed by atoms with E-state index in [9.17, 15) is 0 Å². The zero-order valence-corrected chi connectivity index (χ0v) is 14.0. The third kappa shape index (κ3) is 3.17. The van der Waals surface area contributed by atoms with Crippen molar-refractivity contribution < 1.29 is 0 Å². The van der Waals surface area contributed by atoms with Crippen LogP contribution in [0.1, 0.15) is 28.6 Å². The lowest BCUT2D eigenvalue weighted by molar-refractivity contribution is 0.559. The maximum absolute atomic E-state index is 4.42. The lowest BCUT2D eigenvalue weighted by atomic mass is 10.00. The molecule has 0 aliphatic carbocycles. The molecule has 3 nitrogen and oxygen atoms in total. The van der Waals surface area contributed by atoms with E-state index in [1.807, 2.05) is 25.7 Å². The molecule has 0 aliphatic heterocycles. The minimum atomic E-state index is 0.321. The minimum Gasteiger partial charge on any atom is -0.313 e. The van der Waals surface area contributed by atoms with Gasteiger partial charge in [-0.2, -0.15) is 5.10 Å². The van der Waals surface area contributed by atoms with E-state index in [0.29, 0.717) is 6.04 Å². The number of hydrogen-bond acceptors (Lipinski definition) is 2. The number of rotatable bonds is 4. The normalized spacial score (nSPS) is 12.7. The maximum atomic E-state index is 4.42. The number of aromatic nitrogens is 2. The summed E-state index contributed by atoms with van der Waals surface area (Å²) in [4.78, 5) is 0. The van der Waals surface area contributed by atoms with Crippen LogP contribution in [0.4, 0.5) is 0 Å². The van der Waals surface area contributed by atoms with Crippen molar-refractivity contribution in [2.45, 2.75) is 26.3 Å². The van der Waals surface area contributed by atoms with Crippen molar-refractivity contribution in [1.82, 2.24) is 15.1 Å². The molecule has 0 saturated carbocycles. The Kier molecular flexibility index (Phi) is 4.62. The second-order valence-electron chi connectivity index (χ2n) is 4.92. The first-order valence-electron chi connectivity index (χ1n) is 6.44. The van der Waals surface area contributed by atoms with Crippen LogP contribution in [0.5, 0.6) is 0 Å². The molecule has 0 saturated heterocycles. The summed E-state index contributed by atoms with van der Waals surface area (Å²) in [7, 11) is 4.03. The number of aryl methyl sites for hydroxylation is 3. The molecule has 2 aromatic rings. The van der Waals surface area contributed by atoms with Crippen LogP contribution in [0, 0.1) is 17.4 Å². The topological polar surface area (TPSA) is 29.9 Å². The Morgan fingerprint density at radius 3 is 2.68 bits per heavy atom. The van der Waals surface area contributed by atoms with E-state index in [2.05, 4.69) is 64.2 Å². The molecule has 1 heterocycles. The van der Waals surface area contributed by atoms with Gasteiger partial charge >= 0.3 is 0 Å². The van der Waals surface area contributed by atoms with Gasteiger partial charge in [-0.1, -0.05) is 18.2 Å². The lowest BCUT2D eigenvalue weighted by Crippen LogP contribution is -2.21. The maximum Gasteiger partial charge on any atom is 0.0596 e. The summed E-state index contributed by atoms with van der Waals surface area (Å²) in [6.07, 6.45) is 0.952. The van der Waals surface area contributed by atoms with E-state index in [1.54, 1.807) is 0 Å². The highest BCUT2D eigenvalue weighted by atomic mass is 127. The molecular formula is C15H20IN3. The molecule has 0 amide bonds. The second-order valence-corrected chi connectivity index (χ2v) is 6.00. The predicted octanol–water partition coefficient (Wildman–Crippen LogP) is 3.14. The number of likely N-dealkylation sites (N-methyl/N-ethyl adjacent to an activating group) is 1. The number of halogens is 1. The van der Waals surface area contributed by atoms with Gasteiger partial charge in [0.2, 0.25) is 0 Å². The Bertz CT molecular complexity index is 575. The Balaban J connectivity index is 2.30. The molecular weight excluding hydrogens is 349 g/mol. The number of nitrogens with one attached hydrogen (secondary N) is 1. The smallest absolute Gasteiger partial charge is 0.0596 e. The second kappa shape index (κ2) is 6.05. The van der Waals surface area contributed by atoms with Crippen molar-refractivity contribution in [3.05, 3.63) is 50.4 Å². The highest BCUT2D eigenvalue weighted by Gasteiger charge is 2.16. The minimum absolute atomic E-state index is 0.321. The molecule has 4 heteroatoms. The summed E-state index contributed by atoms with van der Waals surface area (Å²) in [5, 5.41) is 7.84. The van der Waals surface area contributed by atoms with E-state index < -0.39 is 0 Å². The molecule has 19 heavy (non-hydrogen) atoms. The van der Waals surface area contributed by atoms with Gasteiger partial charge in [-0.3, -0.25) is 4.68 Å². The van der Waals surface area contributed by atoms with Gasteiger partial charge in [-0.25, -0.2) is 0 Å². The molecule has 0 radical (unpaired) electrons. The lowest BCUT2D eigenvalue weighted by Gasteiger charge is -2.19. The van der Waals surface area contributed by atoms with E-state index in [-0.39, 0.29) is 0 Å². The van der Waals surface area contributed by atoms with Crippen LogP contribution in [-0.2, 0) is 13.5 Å². The van der Waals surface area contributed by atoms with Crippen LogP contribution in [0.3, 0.4) is 0 Å². The quantitative estimate of drug-likeness (QED) is 0.840. The summed E-state index contributed by atoms with van der Waals surface area (Å²) in [5.74, 6) is 0. The van der Waals surface area contributed by atoms with Crippen molar-refractivity contribution >= 4 is 22.6 Å². The summed E-state index contributed by atoms with van der Waals surface area (Å²) >= 11 is 2.44. The van der Waals surface area contributed by atoms with Crippen molar-refractivity contribution in [2.24, 2.45) is 7.05 Å². The molecule has 0 fully saturated rings. The molecule has 0 aliphatic rings. The van der Waals surface area contributed by atoms with E-state index in [4.69, 9.17) is 0 Å². The third-order valence-corrected chi connectivity index (χ3v) is 4.93. The largest absolute Gasteiger partial charge is 0.313 e. The van der Waals surface area contributed by atoms with Crippen molar-refractivity contribution in [1.29, 1.82) is 0 Å². The molecule has 2 rings (SSSR count). The summed E-state index contributed by atoms with van der Waals surface area (Å²) in [6.45, 7) is 4.19. The van der Waals surface area contributed by atoms with Gasteiger partial charge in [-0.05, 0) is 60.7 Å². The Hall–Kier alpha value is -0.880. The molecule has 1 N–H and O–H groups in total. The first kappa shape index (κ1) is 14.5. The highest BCUT2D eigenvalue weighted by Crippen LogP contribution is 2.25. The Labute approximate surface area is 128 Å². The van der Waals surface area contributed by atoms with E-state index >= 15 is 0 Å². The van der Waals surface area contributed by atoms with Gasteiger partial charge in [0.1, 0.15) is 0 Å². The molecule has 1 aromatic heterocycles. The molecule has 1 atom stereocenters. The zero-order valence-electron chi connectivity index (χ0n) is 11.9. The number of benzene rings is 1. The van der Waals surface area contributed by atoms with E-state index in [1.165, 1.54) is 20.4 Å². The molecule has 1 aromatic carbocycles. The van der Waals surface area contributed by atoms with Gasteiger partial charge in [-0.15, -0.1) is 0 Å². The third-order valence-electron chi connectivity index (χ3n) is 3.46. The summed E-state index contributed by atoms with van der Waals surface area (Å²) in [5.41, 5.74) is 5.03. The van der Waals surface area contributed by atoms with Gasteiger partial charge in [0, 0.05) is 28.8 Å². The van der Waals surface area contributed by atoms with Crippen LogP contribution in [0.15, 0.2) is 24.3 Å². The predicted molar refractivity (Wildman–Crippen MR) is 87.3 cm³/mol. The molecule has 0 bridgehead atoms. The average Bonchev–Trinajstić information content (AvgIpc) is 2.68. The first-order chi connectivity index (χ1) is 9.02. The van der Waals surface area contributed by atoms with Crippen LogP contribution >= 0.6 is 22.6 Å². The van der Waals surface area contributed by atoms with Gasteiger partial charge < -0.3 is 5.32 Å². The van der Waals surface area contributed by atoms with Crippen LogP contribution < -0.4 is 5.32 Å². The van der Waals surface area contributed by atoms with Gasteiger partial charge in [0.15, 0.2) is 0 Å². The first-order valence-corrected chi connectivity index (χ1v) is 7.52. The standard InChI is InChI=1S/C15H20IN3/c1-10-6-5-7-13(15(10)16)14(17-3)9-12-8-11(2)18-19(12)4/h5-8,14,17H,9H2,1-4H3. The monoisotopic (exact) mass is 369 g/mol. The van der Waals surface area contributed by atoms with Gasteiger partial charge in [0.25, 0.3) is 0 Å². The van der Waals surface area contributed by atoms with Gasteiger partial charge in [0.05, 0.1) is 5.69 Å². The van der Waals surface area contributed by atoms with E-state index in [0.717, 1.165) is 12.1 Å². The Morgan fingerprint density at radius 2 is 2.11 bits per heavy atom. The molecule has 0 spiro atoms. The highest BCUT2D eigenvalue weighted by molar-refractivity contribution is 14.1. The number of hydrogen-bond donors (Lipinski definition) is 1. The summed E-state index contributed by atoms with van der Waals surface area (Å²) in [6, 6.07) is 8.98. The number of nitrogens with zero attached hydrogens (tertiary/aromatic N) is 2. The fourth-order valence-electron chi connectivity index (χ4n) is 2.37.